The van der Waals surface area contributed by atoms with Crippen molar-refractivity contribution in [1.29, 1.82) is 0 Å². The summed E-state index contributed by atoms with van der Waals surface area (Å²) >= 11 is 0.841. The minimum atomic E-state index is -3.92. The number of aryl methyl sites for hydroxylation is 2. The molecule has 9 nitrogen and oxygen atoms in total. The maximum atomic E-state index is 13.5. The maximum Gasteiger partial charge on any atom is 0.293 e. The fourth-order valence-corrected chi connectivity index (χ4v) is 6.41. The molecule has 0 unspecified atom stereocenters. The van der Waals surface area contributed by atoms with Crippen molar-refractivity contribution >= 4 is 50.6 Å². The van der Waals surface area contributed by atoms with Gasteiger partial charge in [-0.2, -0.15) is 0 Å². The number of imide groups is 1. The SMILES string of the molecule is COc1ccc(/C=C2/SC(=O)N(CCNC(=O)CCN(c3ccc(C)cc3)S(=O)(=O)c3ccc(C)cc3)C2=O)cc1. The van der Waals surface area contributed by atoms with Crippen LogP contribution in [0.25, 0.3) is 6.08 Å². The number of methoxy groups -OCH3 is 1. The summed E-state index contributed by atoms with van der Waals surface area (Å²) in [7, 11) is -2.36. The van der Waals surface area contributed by atoms with Gasteiger partial charge in [-0.3, -0.25) is 23.6 Å². The predicted molar refractivity (Wildman–Crippen MR) is 160 cm³/mol. The van der Waals surface area contributed by atoms with Gasteiger partial charge in [-0.05, 0) is 73.6 Å². The van der Waals surface area contributed by atoms with Gasteiger partial charge in [-0.15, -0.1) is 0 Å². The zero-order valence-corrected chi connectivity index (χ0v) is 24.6. The van der Waals surface area contributed by atoms with E-state index >= 15 is 0 Å². The van der Waals surface area contributed by atoms with Crippen molar-refractivity contribution in [1.82, 2.24) is 10.2 Å². The van der Waals surface area contributed by atoms with E-state index in [-0.39, 0.29) is 31.0 Å². The Bertz CT molecular complexity index is 1550. The van der Waals surface area contributed by atoms with Crippen LogP contribution < -0.4 is 14.4 Å². The number of amides is 3. The van der Waals surface area contributed by atoms with Crippen LogP contribution in [0, 0.1) is 13.8 Å². The number of sulfonamides is 1. The van der Waals surface area contributed by atoms with Crippen molar-refractivity contribution in [2.45, 2.75) is 25.2 Å². The highest BCUT2D eigenvalue weighted by Crippen LogP contribution is 2.32. The molecule has 1 N–H and O–H groups in total. The first-order valence-corrected chi connectivity index (χ1v) is 15.2. The van der Waals surface area contributed by atoms with Gasteiger partial charge in [0.15, 0.2) is 0 Å². The van der Waals surface area contributed by atoms with E-state index in [2.05, 4.69) is 5.32 Å². The minimum absolute atomic E-state index is 0.000297. The Morgan fingerprint density at radius 3 is 2.17 bits per heavy atom. The molecule has 1 aliphatic heterocycles. The summed E-state index contributed by atoms with van der Waals surface area (Å²) < 4.78 is 33.3. The van der Waals surface area contributed by atoms with E-state index in [1.54, 1.807) is 73.8 Å². The summed E-state index contributed by atoms with van der Waals surface area (Å²) in [6.07, 6.45) is 1.52. The fourth-order valence-electron chi connectivity index (χ4n) is 4.08. The summed E-state index contributed by atoms with van der Waals surface area (Å²) in [5, 5.41) is 2.28. The number of thioether (sulfide) groups is 1. The summed E-state index contributed by atoms with van der Waals surface area (Å²) in [4.78, 5) is 39.4. The number of hydrogen-bond donors (Lipinski definition) is 1. The number of carbonyl (C=O) groups excluding carboxylic acids is 3. The minimum Gasteiger partial charge on any atom is -0.497 e. The Hall–Kier alpha value is -4.09. The maximum absolute atomic E-state index is 13.5. The lowest BCUT2D eigenvalue weighted by atomic mass is 10.2. The Morgan fingerprint density at radius 2 is 1.56 bits per heavy atom. The van der Waals surface area contributed by atoms with Crippen LogP contribution >= 0.6 is 11.8 Å². The van der Waals surface area contributed by atoms with E-state index in [0.29, 0.717) is 16.3 Å². The van der Waals surface area contributed by atoms with Crippen LogP contribution in [0.2, 0.25) is 0 Å². The lowest BCUT2D eigenvalue weighted by Gasteiger charge is -2.24. The highest BCUT2D eigenvalue weighted by atomic mass is 32.2. The molecule has 1 saturated heterocycles. The van der Waals surface area contributed by atoms with E-state index in [1.807, 2.05) is 26.0 Å². The van der Waals surface area contributed by atoms with E-state index in [4.69, 9.17) is 4.74 Å². The molecule has 0 atom stereocenters. The van der Waals surface area contributed by atoms with Crippen LogP contribution in [0.3, 0.4) is 0 Å². The predicted octanol–water partition coefficient (Wildman–Crippen LogP) is 4.75. The molecule has 3 amide bonds. The Morgan fingerprint density at radius 1 is 0.951 bits per heavy atom. The lowest BCUT2D eigenvalue weighted by Crippen LogP contribution is -2.39. The van der Waals surface area contributed by atoms with Gasteiger partial charge >= 0.3 is 0 Å². The van der Waals surface area contributed by atoms with E-state index in [9.17, 15) is 22.8 Å². The molecule has 214 valence electrons. The fraction of sp³-hybridized carbons (Fsp3) is 0.233. The highest BCUT2D eigenvalue weighted by Gasteiger charge is 2.34. The molecule has 0 bridgehead atoms. The van der Waals surface area contributed by atoms with Crippen molar-refractivity contribution < 1.29 is 27.5 Å². The van der Waals surface area contributed by atoms with Crippen LogP contribution in [-0.2, 0) is 19.6 Å². The van der Waals surface area contributed by atoms with Gasteiger partial charge < -0.3 is 10.1 Å². The monoisotopic (exact) mass is 593 g/mol. The van der Waals surface area contributed by atoms with E-state index in [1.165, 1.54) is 4.31 Å². The molecule has 0 saturated carbocycles. The molecule has 0 aromatic heterocycles. The third kappa shape index (κ3) is 7.36. The average molecular weight is 594 g/mol. The molecular weight excluding hydrogens is 562 g/mol. The lowest BCUT2D eigenvalue weighted by molar-refractivity contribution is -0.124. The van der Waals surface area contributed by atoms with Gasteiger partial charge in [0.2, 0.25) is 5.91 Å². The number of benzene rings is 3. The van der Waals surface area contributed by atoms with Crippen molar-refractivity contribution in [3.05, 3.63) is 94.4 Å². The van der Waals surface area contributed by atoms with Crippen molar-refractivity contribution in [2.75, 3.05) is 31.0 Å². The average Bonchev–Trinajstić information content (AvgIpc) is 3.22. The quantitative estimate of drug-likeness (QED) is 0.319. The molecule has 0 radical (unpaired) electrons. The molecule has 41 heavy (non-hydrogen) atoms. The second-order valence-electron chi connectivity index (χ2n) is 9.43. The smallest absolute Gasteiger partial charge is 0.293 e. The third-order valence-electron chi connectivity index (χ3n) is 6.42. The van der Waals surface area contributed by atoms with E-state index in [0.717, 1.165) is 33.4 Å². The Kier molecular flexibility index (Phi) is 9.51. The molecule has 3 aromatic rings. The second kappa shape index (κ2) is 13.0. The van der Waals surface area contributed by atoms with Crippen LogP contribution in [0.1, 0.15) is 23.1 Å². The molecule has 1 aliphatic rings. The summed E-state index contributed by atoms with van der Waals surface area (Å²) in [5.41, 5.74) is 3.11. The third-order valence-corrected chi connectivity index (χ3v) is 9.17. The molecule has 1 heterocycles. The summed E-state index contributed by atoms with van der Waals surface area (Å²) in [6.45, 7) is 3.74. The number of rotatable bonds is 11. The number of anilines is 1. The number of hydrogen-bond acceptors (Lipinski definition) is 7. The van der Waals surface area contributed by atoms with Crippen LogP contribution in [0.4, 0.5) is 10.5 Å². The summed E-state index contributed by atoms with van der Waals surface area (Å²) in [6, 6.07) is 20.7. The van der Waals surface area contributed by atoms with Crippen molar-refractivity contribution in [3.8, 4) is 5.75 Å². The summed E-state index contributed by atoms with van der Waals surface area (Å²) in [5.74, 6) is -0.150. The largest absolute Gasteiger partial charge is 0.497 e. The molecule has 0 aliphatic carbocycles. The van der Waals surface area contributed by atoms with Crippen molar-refractivity contribution in [2.24, 2.45) is 0 Å². The van der Waals surface area contributed by atoms with Crippen molar-refractivity contribution in [3.63, 3.8) is 0 Å². The molecule has 4 rings (SSSR count). The number of nitrogens with zero attached hydrogens (tertiary/aromatic N) is 2. The van der Waals surface area contributed by atoms with Gasteiger partial charge in [0.1, 0.15) is 5.75 Å². The highest BCUT2D eigenvalue weighted by molar-refractivity contribution is 8.18. The van der Waals surface area contributed by atoms with Crippen LogP contribution in [0.15, 0.2) is 82.6 Å². The number of nitrogens with one attached hydrogen (secondary N) is 1. The zero-order valence-electron chi connectivity index (χ0n) is 23.0. The molecule has 0 spiro atoms. The molecular formula is C30H31N3O6S2. The van der Waals surface area contributed by atoms with Gasteiger partial charge in [-0.25, -0.2) is 8.42 Å². The number of ether oxygens (including phenoxy) is 1. The van der Waals surface area contributed by atoms with Gasteiger partial charge in [0, 0.05) is 26.1 Å². The Labute approximate surface area is 244 Å². The van der Waals surface area contributed by atoms with Gasteiger partial charge in [0.05, 0.1) is 22.6 Å². The first-order valence-electron chi connectivity index (χ1n) is 12.9. The topological polar surface area (TPSA) is 113 Å². The second-order valence-corrected chi connectivity index (χ2v) is 12.3. The van der Waals surface area contributed by atoms with E-state index < -0.39 is 27.1 Å². The van der Waals surface area contributed by atoms with Crippen LogP contribution in [0.5, 0.6) is 5.75 Å². The van der Waals surface area contributed by atoms with Crippen LogP contribution in [-0.4, -0.2) is 57.1 Å². The standard InChI is InChI=1S/C30H31N3O6S2/c1-21-4-10-24(11-5-21)33(41(37,38)26-14-6-22(2)7-15-26)18-16-28(34)31-17-19-32-29(35)27(40-30(32)36)20-23-8-12-25(39-3)13-9-23/h4-15,20H,16-19H2,1-3H3,(H,31,34)/b27-20+. The molecule has 3 aromatic carbocycles. The number of carbonyl (C=O) groups is 3. The molecule has 11 heteroatoms. The normalized spacial score (nSPS) is 14.4. The molecule has 1 fully saturated rings. The first kappa shape index (κ1) is 29.9. The first-order chi connectivity index (χ1) is 19.6. The Balaban J connectivity index is 1.36. The zero-order chi connectivity index (χ0) is 29.6. The van der Waals surface area contributed by atoms with Gasteiger partial charge in [-0.1, -0.05) is 47.5 Å². The van der Waals surface area contributed by atoms with Gasteiger partial charge in [0.25, 0.3) is 21.2 Å².